The molecule has 218 valence electrons. The number of aliphatic hydroxyl groups is 1. The van der Waals surface area contributed by atoms with Gasteiger partial charge in [-0.15, -0.1) is 0 Å². The van der Waals surface area contributed by atoms with Gasteiger partial charge in [0.1, 0.15) is 17.6 Å². The van der Waals surface area contributed by atoms with E-state index in [0.717, 1.165) is 22.6 Å². The SMILES string of the molecule is Cc1oc(-c2ccccc2)nc1CCOc1ccc(CC(Nc2ccccc2C(=O)c2ccc(CO)cc2)C(=O)O)cc1. The van der Waals surface area contributed by atoms with E-state index in [1.54, 1.807) is 48.5 Å². The lowest BCUT2D eigenvalue weighted by atomic mass is 9.99. The van der Waals surface area contributed by atoms with Crippen molar-refractivity contribution < 1.29 is 29.0 Å². The zero-order valence-electron chi connectivity index (χ0n) is 23.7. The molecule has 1 unspecified atom stereocenters. The predicted molar refractivity (Wildman–Crippen MR) is 163 cm³/mol. The van der Waals surface area contributed by atoms with Crippen molar-refractivity contribution in [2.45, 2.75) is 32.4 Å². The highest BCUT2D eigenvalue weighted by Gasteiger charge is 2.21. The molecule has 3 N–H and O–H groups in total. The molecule has 0 bridgehead atoms. The Morgan fingerprint density at radius 3 is 2.26 bits per heavy atom. The molecule has 0 aliphatic carbocycles. The molecule has 5 rings (SSSR count). The predicted octanol–water partition coefficient (Wildman–Crippen LogP) is 6.10. The zero-order valence-corrected chi connectivity index (χ0v) is 23.7. The first-order chi connectivity index (χ1) is 20.9. The number of oxazole rings is 1. The van der Waals surface area contributed by atoms with Crippen molar-refractivity contribution >= 4 is 17.4 Å². The number of aryl methyl sites for hydroxylation is 1. The molecule has 0 aliphatic heterocycles. The fourth-order valence-electron chi connectivity index (χ4n) is 4.70. The molecule has 4 aromatic carbocycles. The van der Waals surface area contributed by atoms with Gasteiger partial charge in [0.25, 0.3) is 0 Å². The number of carbonyl (C=O) groups is 2. The summed E-state index contributed by atoms with van der Waals surface area (Å²) in [6.45, 7) is 2.19. The maximum Gasteiger partial charge on any atom is 0.326 e. The van der Waals surface area contributed by atoms with Gasteiger partial charge in [-0.3, -0.25) is 4.79 Å². The summed E-state index contributed by atoms with van der Waals surface area (Å²) in [4.78, 5) is 30.0. The number of nitrogens with one attached hydrogen (secondary N) is 1. The number of ketones is 1. The minimum atomic E-state index is -1.03. The normalized spacial score (nSPS) is 11.6. The van der Waals surface area contributed by atoms with Crippen molar-refractivity contribution in [1.29, 1.82) is 0 Å². The first kappa shape index (κ1) is 29.3. The van der Waals surface area contributed by atoms with Crippen LogP contribution in [0.4, 0.5) is 5.69 Å². The number of carbonyl (C=O) groups excluding carboxylic acids is 1. The van der Waals surface area contributed by atoms with E-state index in [2.05, 4.69) is 10.3 Å². The molecule has 0 fully saturated rings. The Hall–Kier alpha value is -5.21. The van der Waals surface area contributed by atoms with E-state index in [1.165, 1.54) is 0 Å². The van der Waals surface area contributed by atoms with Gasteiger partial charge in [0.15, 0.2) is 5.78 Å². The number of anilines is 1. The topological polar surface area (TPSA) is 122 Å². The minimum Gasteiger partial charge on any atom is -0.493 e. The fourth-order valence-corrected chi connectivity index (χ4v) is 4.70. The number of nitrogens with zero attached hydrogens (tertiary/aromatic N) is 1. The van der Waals surface area contributed by atoms with E-state index in [0.29, 0.717) is 47.0 Å². The monoisotopic (exact) mass is 576 g/mol. The second-order valence-corrected chi connectivity index (χ2v) is 10.1. The van der Waals surface area contributed by atoms with Gasteiger partial charge < -0.3 is 24.7 Å². The molecule has 1 heterocycles. The van der Waals surface area contributed by atoms with Gasteiger partial charge in [0.05, 0.1) is 18.9 Å². The van der Waals surface area contributed by atoms with Crippen molar-refractivity contribution in [3.05, 3.63) is 137 Å². The van der Waals surface area contributed by atoms with Crippen LogP contribution in [-0.4, -0.2) is 39.6 Å². The molecule has 0 amide bonds. The average molecular weight is 577 g/mol. The van der Waals surface area contributed by atoms with Gasteiger partial charge in [0.2, 0.25) is 5.89 Å². The van der Waals surface area contributed by atoms with Crippen molar-refractivity contribution in [2.75, 3.05) is 11.9 Å². The smallest absolute Gasteiger partial charge is 0.326 e. The maximum absolute atomic E-state index is 13.2. The fraction of sp³-hybridized carbons (Fsp3) is 0.171. The van der Waals surface area contributed by atoms with Crippen LogP contribution in [0.2, 0.25) is 0 Å². The largest absolute Gasteiger partial charge is 0.493 e. The molecule has 8 heteroatoms. The van der Waals surface area contributed by atoms with Crippen molar-refractivity contribution in [3.8, 4) is 17.2 Å². The molecule has 0 radical (unpaired) electrons. The van der Waals surface area contributed by atoms with E-state index in [-0.39, 0.29) is 18.8 Å². The van der Waals surface area contributed by atoms with Crippen molar-refractivity contribution in [2.24, 2.45) is 0 Å². The number of carboxylic acid groups (broad SMARTS) is 1. The van der Waals surface area contributed by atoms with Crippen LogP contribution in [0.3, 0.4) is 0 Å². The van der Waals surface area contributed by atoms with Crippen LogP contribution < -0.4 is 10.1 Å². The number of aliphatic carboxylic acids is 1. The minimum absolute atomic E-state index is 0.113. The summed E-state index contributed by atoms with van der Waals surface area (Å²) >= 11 is 0. The highest BCUT2D eigenvalue weighted by Crippen LogP contribution is 2.24. The highest BCUT2D eigenvalue weighted by atomic mass is 16.5. The number of carboxylic acids is 1. The van der Waals surface area contributed by atoms with E-state index < -0.39 is 12.0 Å². The summed E-state index contributed by atoms with van der Waals surface area (Å²) in [5, 5.41) is 22.3. The second-order valence-electron chi connectivity index (χ2n) is 10.1. The summed E-state index contributed by atoms with van der Waals surface area (Å²) in [7, 11) is 0. The van der Waals surface area contributed by atoms with E-state index in [1.807, 2.05) is 61.5 Å². The Morgan fingerprint density at radius 2 is 1.56 bits per heavy atom. The van der Waals surface area contributed by atoms with Crippen molar-refractivity contribution in [1.82, 2.24) is 4.98 Å². The van der Waals surface area contributed by atoms with Gasteiger partial charge in [-0.2, -0.15) is 0 Å². The molecule has 0 spiro atoms. The summed E-state index contributed by atoms with van der Waals surface area (Å²) in [6.07, 6.45) is 0.780. The van der Waals surface area contributed by atoms with Crippen LogP contribution in [-0.2, 0) is 24.2 Å². The number of benzene rings is 4. The molecular formula is C35H32N2O6. The highest BCUT2D eigenvalue weighted by molar-refractivity contribution is 6.12. The Bertz CT molecular complexity index is 1680. The summed E-state index contributed by atoms with van der Waals surface area (Å²) in [5.41, 5.74) is 4.52. The number of rotatable bonds is 13. The first-order valence-corrected chi connectivity index (χ1v) is 14.0. The van der Waals surface area contributed by atoms with E-state index in [9.17, 15) is 19.8 Å². The van der Waals surface area contributed by atoms with Gasteiger partial charge >= 0.3 is 5.97 Å². The number of aromatic nitrogens is 1. The Morgan fingerprint density at radius 1 is 0.884 bits per heavy atom. The molecule has 1 atom stereocenters. The van der Waals surface area contributed by atoms with E-state index in [4.69, 9.17) is 9.15 Å². The number of hydrogen-bond acceptors (Lipinski definition) is 7. The Kier molecular flexibility index (Phi) is 9.29. The lowest BCUT2D eigenvalue weighted by Crippen LogP contribution is -2.32. The van der Waals surface area contributed by atoms with E-state index >= 15 is 0 Å². The van der Waals surface area contributed by atoms with Crippen molar-refractivity contribution in [3.63, 3.8) is 0 Å². The third kappa shape index (κ3) is 7.36. The standard InChI is InChI=1S/C35H32N2O6/c1-23-30(37-34(43-23)27-7-3-2-4-8-27)19-20-42-28-17-13-24(14-18-28)21-32(35(40)41)36-31-10-6-5-9-29(31)33(39)26-15-11-25(22-38)12-16-26/h2-18,32,36,38H,19-22H2,1H3,(H,40,41). The molecule has 1 aromatic heterocycles. The third-order valence-corrected chi connectivity index (χ3v) is 7.08. The number of aliphatic hydroxyl groups excluding tert-OH is 1. The van der Waals surface area contributed by atoms with Gasteiger partial charge in [-0.1, -0.05) is 66.7 Å². The molecule has 43 heavy (non-hydrogen) atoms. The molecule has 0 saturated carbocycles. The number of hydrogen-bond donors (Lipinski definition) is 3. The summed E-state index contributed by atoms with van der Waals surface area (Å²) < 4.78 is 11.7. The van der Waals surface area contributed by atoms with Crippen LogP contribution in [0, 0.1) is 6.92 Å². The average Bonchev–Trinajstić information content (AvgIpc) is 3.42. The number of para-hydroxylation sites is 1. The lowest BCUT2D eigenvalue weighted by molar-refractivity contribution is -0.137. The molecule has 5 aromatic rings. The summed E-state index contributed by atoms with van der Waals surface area (Å²) in [6, 6.07) is 29.6. The zero-order chi connectivity index (χ0) is 30.2. The Labute approximate surface area is 249 Å². The van der Waals surface area contributed by atoms with Crippen LogP contribution >= 0.6 is 0 Å². The van der Waals surface area contributed by atoms with Gasteiger partial charge in [0, 0.05) is 35.2 Å². The van der Waals surface area contributed by atoms with Gasteiger partial charge in [-0.05, 0) is 54.4 Å². The quantitative estimate of drug-likeness (QED) is 0.144. The molecular weight excluding hydrogens is 544 g/mol. The maximum atomic E-state index is 13.2. The molecule has 0 aliphatic rings. The number of ether oxygens (including phenoxy) is 1. The van der Waals surface area contributed by atoms with Crippen LogP contribution in [0.25, 0.3) is 11.5 Å². The van der Waals surface area contributed by atoms with Crippen LogP contribution in [0.5, 0.6) is 5.75 Å². The molecule has 8 nitrogen and oxygen atoms in total. The Balaban J connectivity index is 1.19. The van der Waals surface area contributed by atoms with Crippen LogP contribution in [0.1, 0.15) is 38.5 Å². The second kappa shape index (κ2) is 13.6. The van der Waals surface area contributed by atoms with Crippen LogP contribution in [0.15, 0.2) is 108 Å². The lowest BCUT2D eigenvalue weighted by Gasteiger charge is -2.18. The molecule has 0 saturated heterocycles. The summed E-state index contributed by atoms with van der Waals surface area (Å²) in [5.74, 6) is 0.731. The van der Waals surface area contributed by atoms with Gasteiger partial charge in [-0.25, -0.2) is 9.78 Å². The third-order valence-electron chi connectivity index (χ3n) is 7.08. The first-order valence-electron chi connectivity index (χ1n) is 14.0.